The third-order valence-corrected chi connectivity index (χ3v) is 9.31. The van der Waals surface area contributed by atoms with Crippen LogP contribution >= 0.6 is 0 Å². The summed E-state index contributed by atoms with van der Waals surface area (Å²) in [6.07, 6.45) is 19.9. The maximum absolute atomic E-state index is 2.38. The standard InChI is InChI=1S/C26H38/c1-2-16-25-17-26(18-25,19-25)24-14-12-23(13-15-24)22-10-8-21(9-11-22)20-6-4-3-5-7-20/h3-7,21-24H,2,8-19H2,1H3/t21-,22-,23-,24-,25?,26?. The molecule has 5 aliphatic carbocycles. The lowest BCUT2D eigenvalue weighted by atomic mass is 9.30. The van der Waals surface area contributed by atoms with Gasteiger partial charge in [-0.15, -0.1) is 0 Å². The van der Waals surface area contributed by atoms with Crippen molar-refractivity contribution in [3.05, 3.63) is 35.9 Å². The summed E-state index contributed by atoms with van der Waals surface area (Å²) in [4.78, 5) is 0. The van der Waals surface area contributed by atoms with Gasteiger partial charge >= 0.3 is 0 Å². The van der Waals surface area contributed by atoms with Crippen molar-refractivity contribution in [1.82, 2.24) is 0 Å². The molecule has 0 spiro atoms. The molecule has 0 heterocycles. The molecule has 0 atom stereocenters. The third-order valence-electron chi connectivity index (χ3n) is 9.31. The predicted octanol–water partition coefficient (Wildman–Crippen LogP) is 7.74. The second kappa shape index (κ2) is 6.68. The number of hydrogen-bond donors (Lipinski definition) is 0. The van der Waals surface area contributed by atoms with Crippen LogP contribution in [0.3, 0.4) is 0 Å². The summed E-state index contributed by atoms with van der Waals surface area (Å²) in [5.74, 6) is 4.08. The molecule has 0 unspecified atom stereocenters. The normalized spacial score (nSPS) is 44.8. The Kier molecular flexibility index (Phi) is 4.45. The van der Waals surface area contributed by atoms with E-state index in [4.69, 9.17) is 0 Å². The lowest BCUT2D eigenvalue weighted by molar-refractivity contribution is -0.246. The fraction of sp³-hybridized carbons (Fsp3) is 0.769. The summed E-state index contributed by atoms with van der Waals surface area (Å²) in [6, 6.07) is 11.3. The fourth-order valence-corrected chi connectivity index (χ4v) is 8.17. The van der Waals surface area contributed by atoms with Crippen molar-refractivity contribution in [2.24, 2.45) is 28.6 Å². The van der Waals surface area contributed by atoms with Gasteiger partial charge in [0.1, 0.15) is 0 Å². The molecule has 2 bridgehead atoms. The van der Waals surface area contributed by atoms with E-state index in [0.29, 0.717) is 0 Å². The molecule has 26 heavy (non-hydrogen) atoms. The Hall–Kier alpha value is -0.780. The minimum absolute atomic E-state index is 0.847. The quantitative estimate of drug-likeness (QED) is 0.509. The van der Waals surface area contributed by atoms with E-state index < -0.39 is 0 Å². The summed E-state index contributed by atoms with van der Waals surface area (Å²) in [6.45, 7) is 2.38. The van der Waals surface area contributed by atoms with Crippen molar-refractivity contribution in [1.29, 1.82) is 0 Å². The summed E-state index contributed by atoms with van der Waals surface area (Å²) in [7, 11) is 0. The van der Waals surface area contributed by atoms with Crippen LogP contribution in [0.4, 0.5) is 0 Å². The largest absolute Gasteiger partial charge is 0.0654 e. The Morgan fingerprint density at radius 2 is 1.35 bits per heavy atom. The molecule has 1 aromatic carbocycles. The van der Waals surface area contributed by atoms with Crippen LogP contribution in [0.1, 0.15) is 102 Å². The smallest absolute Gasteiger partial charge is 0.0162 e. The van der Waals surface area contributed by atoms with Crippen molar-refractivity contribution >= 4 is 0 Å². The number of hydrogen-bond acceptors (Lipinski definition) is 0. The SMILES string of the molecule is CCCC12CC([C@H]3CC[C@H]([C@H]4CC[C@H](c5ccccc5)CC4)CC3)(C1)C2. The molecule has 1 aromatic rings. The van der Waals surface area contributed by atoms with Gasteiger partial charge in [-0.25, -0.2) is 0 Å². The summed E-state index contributed by atoms with van der Waals surface area (Å²) < 4.78 is 0. The number of benzene rings is 1. The summed E-state index contributed by atoms with van der Waals surface area (Å²) in [5.41, 5.74) is 3.30. The molecular formula is C26H38. The maximum Gasteiger partial charge on any atom is -0.0162 e. The molecule has 0 nitrogen and oxygen atoms in total. The third kappa shape index (κ3) is 2.87. The van der Waals surface area contributed by atoms with Gasteiger partial charge in [0.15, 0.2) is 0 Å². The first-order valence-corrected chi connectivity index (χ1v) is 11.8. The molecule has 6 rings (SSSR count). The van der Waals surface area contributed by atoms with Gasteiger partial charge in [0.25, 0.3) is 0 Å². The topological polar surface area (TPSA) is 0 Å². The highest BCUT2D eigenvalue weighted by atomic mass is 14.7. The first-order valence-electron chi connectivity index (χ1n) is 11.8. The lowest BCUT2D eigenvalue weighted by Crippen LogP contribution is -2.65. The molecule has 0 N–H and O–H groups in total. The minimum atomic E-state index is 0.847. The lowest BCUT2D eigenvalue weighted by Gasteiger charge is -2.75. The van der Waals surface area contributed by atoms with Crippen LogP contribution in [0.25, 0.3) is 0 Å². The highest BCUT2D eigenvalue weighted by Crippen LogP contribution is 2.79. The van der Waals surface area contributed by atoms with E-state index in [2.05, 4.69) is 37.3 Å². The first kappa shape index (κ1) is 17.3. The van der Waals surface area contributed by atoms with Gasteiger partial charge in [-0.2, -0.15) is 0 Å². The molecular weight excluding hydrogens is 312 g/mol. The van der Waals surface area contributed by atoms with Crippen molar-refractivity contribution in [2.75, 3.05) is 0 Å². The highest BCUT2D eigenvalue weighted by Gasteiger charge is 2.68. The van der Waals surface area contributed by atoms with Crippen LogP contribution < -0.4 is 0 Å². The average molecular weight is 351 g/mol. The van der Waals surface area contributed by atoms with Gasteiger partial charge in [-0.05, 0) is 117 Å². The second-order valence-corrected chi connectivity index (χ2v) is 10.8. The molecule has 0 amide bonds. The van der Waals surface area contributed by atoms with Gasteiger partial charge in [0.05, 0.1) is 0 Å². The predicted molar refractivity (Wildman–Crippen MR) is 110 cm³/mol. The monoisotopic (exact) mass is 350 g/mol. The van der Waals surface area contributed by atoms with E-state index in [1.807, 2.05) is 0 Å². The second-order valence-electron chi connectivity index (χ2n) is 10.8. The van der Waals surface area contributed by atoms with E-state index in [9.17, 15) is 0 Å². The Morgan fingerprint density at radius 1 is 0.769 bits per heavy atom. The summed E-state index contributed by atoms with van der Waals surface area (Å²) in [5, 5.41) is 0. The van der Waals surface area contributed by atoms with Crippen LogP contribution in [-0.2, 0) is 0 Å². The van der Waals surface area contributed by atoms with Crippen molar-refractivity contribution < 1.29 is 0 Å². The molecule has 5 aliphatic rings. The van der Waals surface area contributed by atoms with E-state index in [1.54, 1.807) is 50.5 Å². The molecule has 142 valence electrons. The van der Waals surface area contributed by atoms with Crippen LogP contribution in [0, 0.1) is 28.6 Å². The van der Waals surface area contributed by atoms with Crippen molar-refractivity contribution in [3.63, 3.8) is 0 Å². The van der Waals surface area contributed by atoms with Gasteiger partial charge < -0.3 is 0 Å². The molecule has 0 aromatic heterocycles. The molecule has 0 radical (unpaired) electrons. The van der Waals surface area contributed by atoms with Gasteiger partial charge in [0.2, 0.25) is 0 Å². The Balaban J connectivity index is 1.09. The average Bonchev–Trinajstić information content (AvgIpc) is 2.65. The van der Waals surface area contributed by atoms with Crippen LogP contribution in [-0.4, -0.2) is 0 Å². The fourth-order valence-electron chi connectivity index (χ4n) is 8.17. The Bertz CT molecular complexity index is 578. The van der Waals surface area contributed by atoms with Gasteiger partial charge in [0, 0.05) is 0 Å². The minimum Gasteiger partial charge on any atom is -0.0654 e. The van der Waals surface area contributed by atoms with Crippen LogP contribution in [0.5, 0.6) is 0 Å². The molecule has 0 heteroatoms. The van der Waals surface area contributed by atoms with Gasteiger partial charge in [-0.3, -0.25) is 0 Å². The molecule has 5 fully saturated rings. The van der Waals surface area contributed by atoms with E-state index >= 15 is 0 Å². The molecule has 5 saturated carbocycles. The zero-order valence-electron chi connectivity index (χ0n) is 16.9. The Morgan fingerprint density at radius 3 is 1.92 bits per heavy atom. The van der Waals surface area contributed by atoms with E-state index in [-0.39, 0.29) is 0 Å². The van der Waals surface area contributed by atoms with E-state index in [0.717, 1.165) is 34.5 Å². The highest BCUT2D eigenvalue weighted by molar-refractivity contribution is 5.20. The molecule has 0 saturated heterocycles. The Labute approximate surface area is 161 Å². The zero-order chi connectivity index (χ0) is 17.6. The van der Waals surface area contributed by atoms with Gasteiger partial charge in [-0.1, -0.05) is 43.7 Å². The zero-order valence-corrected chi connectivity index (χ0v) is 16.9. The first-order chi connectivity index (χ1) is 12.7. The summed E-state index contributed by atoms with van der Waals surface area (Å²) >= 11 is 0. The van der Waals surface area contributed by atoms with E-state index in [1.165, 1.54) is 38.5 Å². The van der Waals surface area contributed by atoms with Crippen LogP contribution in [0.2, 0.25) is 0 Å². The van der Waals surface area contributed by atoms with Crippen molar-refractivity contribution in [3.8, 4) is 0 Å². The number of rotatable bonds is 5. The van der Waals surface area contributed by atoms with Crippen molar-refractivity contribution in [2.45, 2.75) is 96.3 Å². The maximum atomic E-state index is 2.38. The van der Waals surface area contributed by atoms with Crippen LogP contribution in [0.15, 0.2) is 30.3 Å². The molecule has 0 aliphatic heterocycles.